The number of likely N-dealkylation sites (tertiary alicyclic amines) is 1. The molecule has 2 aliphatic heterocycles. The van der Waals surface area contributed by atoms with Gasteiger partial charge in [-0.15, -0.1) is 0 Å². The molecular weight excluding hydrogens is 314 g/mol. The summed E-state index contributed by atoms with van der Waals surface area (Å²) in [4.78, 5) is 16.9. The summed E-state index contributed by atoms with van der Waals surface area (Å²) < 4.78 is 5.67. The van der Waals surface area contributed by atoms with E-state index in [4.69, 9.17) is 4.74 Å². The summed E-state index contributed by atoms with van der Waals surface area (Å²) in [6.45, 7) is 9.73. The molecule has 0 aliphatic carbocycles. The Labute approximate surface area is 150 Å². The van der Waals surface area contributed by atoms with E-state index in [0.29, 0.717) is 6.04 Å². The van der Waals surface area contributed by atoms with E-state index in [1.165, 1.54) is 0 Å². The van der Waals surface area contributed by atoms with E-state index in [2.05, 4.69) is 22.4 Å². The quantitative estimate of drug-likeness (QED) is 0.835. The Balaban J connectivity index is 1.50. The predicted octanol–water partition coefficient (Wildman–Crippen LogP) is 3.19. The Kier molecular flexibility index (Phi) is 5.63. The molecule has 5 nitrogen and oxygen atoms in total. The van der Waals surface area contributed by atoms with Crippen LogP contribution in [0.2, 0.25) is 0 Å². The molecule has 2 heterocycles. The Bertz CT molecular complexity index is 604. The first kappa shape index (κ1) is 17.8. The summed E-state index contributed by atoms with van der Waals surface area (Å²) in [6.07, 6.45) is 5.64. The second-order valence-electron chi connectivity index (χ2n) is 7.22. The molecule has 0 radical (unpaired) electrons. The molecule has 25 heavy (non-hydrogen) atoms. The van der Waals surface area contributed by atoms with E-state index in [1.807, 2.05) is 49.9 Å². The summed E-state index contributed by atoms with van der Waals surface area (Å²) in [7, 11) is 0. The van der Waals surface area contributed by atoms with Gasteiger partial charge in [0.25, 0.3) is 0 Å². The normalized spacial score (nSPS) is 21.8. The van der Waals surface area contributed by atoms with Crippen LogP contribution in [0.25, 0.3) is 0 Å². The van der Waals surface area contributed by atoms with Gasteiger partial charge in [-0.1, -0.05) is 24.3 Å². The Hall–Kier alpha value is -2.01. The molecule has 2 aliphatic rings. The van der Waals surface area contributed by atoms with Gasteiger partial charge in [-0.2, -0.15) is 0 Å². The molecule has 0 spiro atoms. The Morgan fingerprint density at radius 1 is 1.16 bits per heavy atom. The third kappa shape index (κ3) is 4.54. The zero-order valence-electron chi connectivity index (χ0n) is 15.4. The average Bonchev–Trinajstić information content (AvgIpc) is 3.26. The van der Waals surface area contributed by atoms with Gasteiger partial charge < -0.3 is 15.0 Å². The number of nitrogens with one attached hydrogen (secondary N) is 1. The average molecular weight is 343 g/mol. The number of hydrogen-bond acceptors (Lipinski definition) is 3. The monoisotopic (exact) mass is 343 g/mol. The third-order valence-corrected chi connectivity index (χ3v) is 4.91. The summed E-state index contributed by atoms with van der Waals surface area (Å²) >= 11 is 0. The molecule has 5 heteroatoms. The van der Waals surface area contributed by atoms with Crippen molar-refractivity contribution in [2.24, 2.45) is 0 Å². The van der Waals surface area contributed by atoms with Crippen molar-refractivity contribution >= 4 is 6.03 Å². The van der Waals surface area contributed by atoms with Crippen LogP contribution in [-0.2, 0) is 0 Å². The lowest BCUT2D eigenvalue weighted by molar-refractivity contribution is 0.197. The molecule has 1 N–H and O–H groups in total. The minimum absolute atomic E-state index is 0.0203. The number of nitrogens with zero attached hydrogens (tertiary/aromatic N) is 2. The lowest BCUT2D eigenvalue weighted by Crippen LogP contribution is -2.42. The van der Waals surface area contributed by atoms with Crippen molar-refractivity contribution in [1.29, 1.82) is 0 Å². The van der Waals surface area contributed by atoms with Crippen LogP contribution >= 0.6 is 0 Å². The maximum absolute atomic E-state index is 12.6. The molecule has 1 saturated heterocycles. The van der Waals surface area contributed by atoms with Crippen LogP contribution in [0, 0.1) is 0 Å². The van der Waals surface area contributed by atoms with E-state index < -0.39 is 0 Å². The number of hydrogen-bond donors (Lipinski definition) is 1. The second-order valence-corrected chi connectivity index (χ2v) is 7.22. The second kappa shape index (κ2) is 7.91. The van der Waals surface area contributed by atoms with Gasteiger partial charge in [-0.25, -0.2) is 4.79 Å². The fourth-order valence-electron chi connectivity index (χ4n) is 3.48. The minimum atomic E-state index is -0.0203. The lowest BCUT2D eigenvalue weighted by Gasteiger charge is -2.25. The third-order valence-electron chi connectivity index (χ3n) is 4.91. The molecule has 0 aromatic heterocycles. The van der Waals surface area contributed by atoms with Crippen LogP contribution in [-0.4, -0.2) is 54.2 Å². The first-order valence-electron chi connectivity index (χ1n) is 9.24. The zero-order chi connectivity index (χ0) is 17.8. The van der Waals surface area contributed by atoms with Crippen molar-refractivity contribution in [1.82, 2.24) is 15.1 Å². The van der Waals surface area contributed by atoms with Crippen molar-refractivity contribution in [3.8, 4) is 5.75 Å². The predicted molar refractivity (Wildman–Crippen MR) is 99.8 cm³/mol. The van der Waals surface area contributed by atoms with Gasteiger partial charge in [-0.3, -0.25) is 4.90 Å². The number of rotatable bonds is 5. The van der Waals surface area contributed by atoms with E-state index in [-0.39, 0.29) is 18.2 Å². The standard InChI is InChI=1S/C20H29N3O2/c1-15(2)25-19-8-6-17(7-9-19)16(3)21-20(24)23-13-10-18(14-23)22-11-4-5-12-22/h4-9,15-16,18H,10-14H2,1-3H3,(H,21,24)/t16-,18-/m0/s1. The Morgan fingerprint density at radius 3 is 2.48 bits per heavy atom. The Morgan fingerprint density at radius 2 is 1.84 bits per heavy atom. The highest BCUT2D eigenvalue weighted by molar-refractivity contribution is 5.75. The lowest BCUT2D eigenvalue weighted by atomic mass is 10.1. The van der Waals surface area contributed by atoms with Gasteiger partial charge in [0.1, 0.15) is 5.75 Å². The first-order valence-corrected chi connectivity index (χ1v) is 9.24. The zero-order valence-corrected chi connectivity index (χ0v) is 15.4. The van der Waals surface area contributed by atoms with Crippen LogP contribution in [0.5, 0.6) is 5.75 Å². The van der Waals surface area contributed by atoms with E-state index in [9.17, 15) is 4.79 Å². The molecule has 1 aromatic rings. The molecule has 2 amide bonds. The van der Waals surface area contributed by atoms with E-state index in [0.717, 1.165) is 43.9 Å². The summed E-state index contributed by atoms with van der Waals surface area (Å²) in [5.74, 6) is 0.860. The number of carbonyl (C=O) groups is 1. The van der Waals surface area contributed by atoms with Gasteiger partial charge in [0.15, 0.2) is 0 Å². The van der Waals surface area contributed by atoms with Crippen LogP contribution in [0.1, 0.15) is 38.8 Å². The van der Waals surface area contributed by atoms with E-state index >= 15 is 0 Å². The fourth-order valence-corrected chi connectivity index (χ4v) is 3.48. The number of carbonyl (C=O) groups excluding carboxylic acids is 1. The summed E-state index contributed by atoms with van der Waals surface area (Å²) in [5.41, 5.74) is 1.09. The van der Waals surface area contributed by atoms with Gasteiger partial charge in [0.2, 0.25) is 0 Å². The highest BCUT2D eigenvalue weighted by Crippen LogP contribution is 2.21. The smallest absolute Gasteiger partial charge is 0.317 e. The van der Waals surface area contributed by atoms with Crippen molar-refractivity contribution in [3.05, 3.63) is 42.0 Å². The molecule has 1 fully saturated rings. The molecule has 136 valence electrons. The number of amides is 2. The van der Waals surface area contributed by atoms with Crippen molar-refractivity contribution in [3.63, 3.8) is 0 Å². The molecule has 3 rings (SSSR count). The number of urea groups is 1. The topological polar surface area (TPSA) is 44.8 Å². The summed E-state index contributed by atoms with van der Waals surface area (Å²) in [6, 6.07) is 8.46. The minimum Gasteiger partial charge on any atom is -0.491 e. The van der Waals surface area contributed by atoms with Gasteiger partial charge in [0, 0.05) is 32.2 Å². The molecular formula is C20H29N3O2. The van der Waals surface area contributed by atoms with Gasteiger partial charge in [0.05, 0.1) is 12.1 Å². The van der Waals surface area contributed by atoms with Gasteiger partial charge in [-0.05, 0) is 44.9 Å². The SMILES string of the molecule is CC(C)Oc1ccc([C@H](C)NC(=O)N2CC[C@H](N3CC=CC3)C2)cc1. The maximum Gasteiger partial charge on any atom is 0.317 e. The number of benzene rings is 1. The number of ether oxygens (including phenoxy) is 1. The van der Waals surface area contributed by atoms with Crippen LogP contribution in [0.15, 0.2) is 36.4 Å². The highest BCUT2D eigenvalue weighted by atomic mass is 16.5. The van der Waals surface area contributed by atoms with Crippen molar-refractivity contribution < 1.29 is 9.53 Å². The van der Waals surface area contributed by atoms with Crippen LogP contribution in [0.4, 0.5) is 4.79 Å². The molecule has 0 bridgehead atoms. The van der Waals surface area contributed by atoms with Crippen LogP contribution in [0.3, 0.4) is 0 Å². The first-order chi connectivity index (χ1) is 12.0. The van der Waals surface area contributed by atoms with Crippen molar-refractivity contribution in [2.75, 3.05) is 26.2 Å². The fraction of sp³-hybridized carbons (Fsp3) is 0.550. The molecule has 0 unspecified atom stereocenters. The summed E-state index contributed by atoms with van der Waals surface area (Å²) in [5, 5.41) is 3.12. The van der Waals surface area contributed by atoms with E-state index in [1.54, 1.807) is 0 Å². The van der Waals surface area contributed by atoms with Gasteiger partial charge >= 0.3 is 6.03 Å². The highest BCUT2D eigenvalue weighted by Gasteiger charge is 2.30. The molecule has 2 atom stereocenters. The molecule has 0 saturated carbocycles. The van der Waals surface area contributed by atoms with Crippen LogP contribution < -0.4 is 10.1 Å². The van der Waals surface area contributed by atoms with Crippen molar-refractivity contribution in [2.45, 2.75) is 45.4 Å². The molecule has 1 aromatic carbocycles. The largest absolute Gasteiger partial charge is 0.491 e. The maximum atomic E-state index is 12.6.